The average Bonchev–Trinajstić information content (AvgIpc) is 3.01. The van der Waals surface area contributed by atoms with Gasteiger partial charge in [-0.25, -0.2) is 4.98 Å². The summed E-state index contributed by atoms with van der Waals surface area (Å²) in [6, 6.07) is 0.0304. The van der Waals surface area contributed by atoms with Crippen LogP contribution in [0.1, 0.15) is 31.1 Å². The first kappa shape index (κ1) is 16.8. The Kier molecular flexibility index (Phi) is 5.96. The van der Waals surface area contributed by atoms with Gasteiger partial charge in [0.15, 0.2) is 0 Å². The van der Waals surface area contributed by atoms with Crippen molar-refractivity contribution in [2.24, 2.45) is 7.05 Å². The summed E-state index contributed by atoms with van der Waals surface area (Å²) in [5.41, 5.74) is 0. The lowest BCUT2D eigenvalue weighted by atomic mass is 10.1. The number of aryl methyl sites for hydroxylation is 1. The van der Waals surface area contributed by atoms with Crippen LogP contribution in [-0.2, 0) is 16.6 Å². The van der Waals surface area contributed by atoms with Gasteiger partial charge in [-0.05, 0) is 19.3 Å². The Labute approximate surface area is 142 Å². The van der Waals surface area contributed by atoms with Crippen LogP contribution >= 0.6 is 11.8 Å². The van der Waals surface area contributed by atoms with Crippen LogP contribution in [0.25, 0.3) is 0 Å². The number of thioether (sulfide) groups is 1. The second-order valence-corrected chi connectivity index (χ2v) is 7.24. The molecule has 0 bridgehead atoms. The number of aromatic nitrogens is 2. The summed E-state index contributed by atoms with van der Waals surface area (Å²) < 4.78 is 7.73. The Morgan fingerprint density at radius 3 is 3.17 bits per heavy atom. The van der Waals surface area contributed by atoms with Crippen LogP contribution in [0.2, 0.25) is 0 Å². The van der Waals surface area contributed by atoms with Gasteiger partial charge in [-0.3, -0.25) is 4.79 Å². The molecule has 0 radical (unpaired) electrons. The highest BCUT2D eigenvalue weighted by Gasteiger charge is 2.30. The minimum absolute atomic E-state index is 0.0304. The highest BCUT2D eigenvalue weighted by atomic mass is 32.2. The molecule has 3 heterocycles. The molecule has 2 atom stereocenters. The van der Waals surface area contributed by atoms with Crippen LogP contribution in [0.15, 0.2) is 12.4 Å². The van der Waals surface area contributed by atoms with E-state index in [4.69, 9.17) is 4.74 Å². The number of amides is 1. The van der Waals surface area contributed by atoms with Gasteiger partial charge in [0, 0.05) is 51.4 Å². The van der Waals surface area contributed by atoms with E-state index in [1.807, 2.05) is 22.7 Å². The zero-order valence-electron chi connectivity index (χ0n) is 13.7. The van der Waals surface area contributed by atoms with E-state index in [0.29, 0.717) is 11.9 Å². The minimum Gasteiger partial charge on any atom is -0.377 e. The molecular formula is C16H26N4O2S. The first-order chi connectivity index (χ1) is 11.3. The number of imidazole rings is 1. The van der Waals surface area contributed by atoms with Gasteiger partial charge < -0.3 is 19.5 Å². The number of nitrogens with one attached hydrogen (secondary N) is 1. The summed E-state index contributed by atoms with van der Waals surface area (Å²) in [7, 11) is 1.98. The van der Waals surface area contributed by atoms with E-state index < -0.39 is 0 Å². The molecule has 2 unspecified atom stereocenters. The number of hydrogen-bond acceptors (Lipinski definition) is 5. The Balaban J connectivity index is 1.53. The fraction of sp³-hybridized carbons (Fsp3) is 0.750. The van der Waals surface area contributed by atoms with Gasteiger partial charge in [0.25, 0.3) is 0 Å². The molecule has 128 valence electrons. The molecule has 2 aliphatic rings. The second-order valence-electron chi connectivity index (χ2n) is 6.21. The van der Waals surface area contributed by atoms with E-state index in [0.717, 1.165) is 44.2 Å². The van der Waals surface area contributed by atoms with E-state index >= 15 is 0 Å². The van der Waals surface area contributed by atoms with Gasteiger partial charge in [-0.15, -0.1) is 11.8 Å². The van der Waals surface area contributed by atoms with Crippen molar-refractivity contribution in [2.75, 3.05) is 37.7 Å². The Bertz CT molecular complexity index is 516. The van der Waals surface area contributed by atoms with E-state index in [1.165, 1.54) is 12.8 Å². The number of rotatable bonds is 5. The normalized spacial score (nSPS) is 25.5. The van der Waals surface area contributed by atoms with Gasteiger partial charge in [-0.2, -0.15) is 0 Å². The van der Waals surface area contributed by atoms with Gasteiger partial charge in [-0.1, -0.05) is 0 Å². The minimum atomic E-state index is 0.0304. The number of carbonyl (C=O) groups excluding carboxylic acids is 1. The van der Waals surface area contributed by atoms with Crippen molar-refractivity contribution in [2.45, 2.75) is 31.4 Å². The van der Waals surface area contributed by atoms with E-state index in [9.17, 15) is 4.79 Å². The highest BCUT2D eigenvalue weighted by Crippen LogP contribution is 2.22. The van der Waals surface area contributed by atoms with Gasteiger partial charge in [0.1, 0.15) is 11.9 Å². The first-order valence-corrected chi connectivity index (χ1v) is 9.58. The molecule has 0 aliphatic carbocycles. The van der Waals surface area contributed by atoms with Gasteiger partial charge in [0.2, 0.25) is 5.91 Å². The van der Waals surface area contributed by atoms with Gasteiger partial charge in [0.05, 0.1) is 11.9 Å². The lowest BCUT2D eigenvalue weighted by molar-refractivity contribution is -0.131. The van der Waals surface area contributed by atoms with Crippen molar-refractivity contribution in [3.63, 3.8) is 0 Å². The molecule has 2 fully saturated rings. The number of nitrogens with zero attached hydrogens (tertiary/aromatic N) is 3. The van der Waals surface area contributed by atoms with E-state index in [-0.39, 0.29) is 11.9 Å². The van der Waals surface area contributed by atoms with Crippen molar-refractivity contribution in [3.8, 4) is 0 Å². The van der Waals surface area contributed by atoms with Gasteiger partial charge >= 0.3 is 0 Å². The van der Waals surface area contributed by atoms with Crippen molar-refractivity contribution in [1.82, 2.24) is 19.8 Å². The zero-order valence-corrected chi connectivity index (χ0v) is 14.6. The molecule has 7 heteroatoms. The maximum atomic E-state index is 12.7. The number of carbonyl (C=O) groups is 1. The molecule has 1 amide bonds. The third-order valence-electron chi connectivity index (χ3n) is 4.52. The lowest BCUT2D eigenvalue weighted by Gasteiger charge is -2.35. The molecule has 2 saturated heterocycles. The molecule has 6 nitrogen and oxygen atoms in total. The van der Waals surface area contributed by atoms with Crippen molar-refractivity contribution >= 4 is 17.7 Å². The Hall–Kier alpha value is -1.05. The standard InChI is InChI=1S/C16H26N4O2S/c1-19-7-6-18-16(19)14-10-17-5-8-20(14)15(21)12-23-11-13-4-2-3-9-22-13/h6-7,13-14,17H,2-5,8-12H2,1H3. The lowest BCUT2D eigenvalue weighted by Crippen LogP contribution is -2.50. The smallest absolute Gasteiger partial charge is 0.233 e. The molecule has 0 aromatic carbocycles. The van der Waals surface area contributed by atoms with Crippen molar-refractivity contribution in [3.05, 3.63) is 18.2 Å². The number of hydrogen-bond donors (Lipinski definition) is 1. The number of ether oxygens (including phenoxy) is 1. The van der Waals surface area contributed by atoms with E-state index in [1.54, 1.807) is 18.0 Å². The maximum absolute atomic E-state index is 12.7. The largest absolute Gasteiger partial charge is 0.377 e. The van der Waals surface area contributed by atoms with Crippen LogP contribution in [0.4, 0.5) is 0 Å². The zero-order chi connectivity index (χ0) is 16.1. The fourth-order valence-corrected chi connectivity index (χ4v) is 4.22. The molecule has 1 N–H and O–H groups in total. The Morgan fingerprint density at radius 2 is 2.43 bits per heavy atom. The summed E-state index contributed by atoms with van der Waals surface area (Å²) in [6.07, 6.45) is 7.61. The molecule has 23 heavy (non-hydrogen) atoms. The van der Waals surface area contributed by atoms with Crippen molar-refractivity contribution in [1.29, 1.82) is 0 Å². The van der Waals surface area contributed by atoms with Crippen LogP contribution < -0.4 is 5.32 Å². The summed E-state index contributed by atoms with van der Waals surface area (Å²) in [6.45, 7) is 3.24. The first-order valence-electron chi connectivity index (χ1n) is 8.42. The third-order valence-corrected chi connectivity index (χ3v) is 5.58. The quantitative estimate of drug-likeness (QED) is 0.874. The van der Waals surface area contributed by atoms with Crippen LogP contribution in [0.3, 0.4) is 0 Å². The third kappa shape index (κ3) is 4.28. The SMILES string of the molecule is Cn1ccnc1C1CNCCN1C(=O)CSCC1CCCCO1. The molecule has 0 spiro atoms. The van der Waals surface area contributed by atoms with Crippen LogP contribution in [0, 0.1) is 0 Å². The fourth-order valence-electron chi connectivity index (χ4n) is 3.23. The number of piperazine rings is 1. The molecule has 1 aromatic heterocycles. The summed E-state index contributed by atoms with van der Waals surface area (Å²) in [4.78, 5) is 19.1. The predicted molar refractivity (Wildman–Crippen MR) is 91.4 cm³/mol. The monoisotopic (exact) mass is 338 g/mol. The molecule has 0 saturated carbocycles. The topological polar surface area (TPSA) is 59.4 Å². The second kappa shape index (κ2) is 8.17. The predicted octanol–water partition coefficient (Wildman–Crippen LogP) is 1.20. The summed E-state index contributed by atoms with van der Waals surface area (Å²) >= 11 is 1.70. The summed E-state index contributed by atoms with van der Waals surface area (Å²) in [5, 5.41) is 3.37. The highest BCUT2D eigenvalue weighted by molar-refractivity contribution is 7.99. The Morgan fingerprint density at radius 1 is 1.52 bits per heavy atom. The molecule has 3 rings (SSSR count). The average molecular weight is 338 g/mol. The van der Waals surface area contributed by atoms with Crippen molar-refractivity contribution < 1.29 is 9.53 Å². The summed E-state index contributed by atoms with van der Waals surface area (Å²) in [5.74, 6) is 2.61. The molecule has 2 aliphatic heterocycles. The molecule has 1 aromatic rings. The maximum Gasteiger partial charge on any atom is 0.233 e. The molecular weight excluding hydrogens is 312 g/mol. The van der Waals surface area contributed by atoms with Crippen LogP contribution in [-0.4, -0.2) is 64.2 Å². The van der Waals surface area contributed by atoms with E-state index in [2.05, 4.69) is 10.3 Å². The van der Waals surface area contributed by atoms with Crippen LogP contribution in [0.5, 0.6) is 0 Å².